The van der Waals surface area contributed by atoms with Crippen molar-refractivity contribution in [2.45, 2.75) is 25.7 Å². The predicted octanol–water partition coefficient (Wildman–Crippen LogP) is 3.04. The normalized spacial score (nSPS) is 14.6. The second kappa shape index (κ2) is 4.47. The number of hydrogen-bond acceptors (Lipinski definition) is 2. The van der Waals surface area contributed by atoms with E-state index in [0.717, 1.165) is 18.9 Å². The summed E-state index contributed by atoms with van der Waals surface area (Å²) in [5, 5.41) is 0. The van der Waals surface area contributed by atoms with Crippen LogP contribution in [0.25, 0.3) is 11.3 Å². The predicted molar refractivity (Wildman–Crippen MR) is 66.9 cm³/mol. The molecule has 2 aromatic rings. The molecule has 1 fully saturated rings. The van der Waals surface area contributed by atoms with Crippen molar-refractivity contribution in [3.63, 3.8) is 0 Å². The Labute approximate surface area is 112 Å². The number of aromatic nitrogens is 2. The third-order valence-electron chi connectivity index (χ3n) is 3.40. The van der Waals surface area contributed by atoms with Crippen LogP contribution in [-0.4, -0.2) is 9.97 Å². The first-order valence-corrected chi connectivity index (χ1v) is 6.23. The highest BCUT2D eigenvalue weighted by atomic mass is 19.2. The van der Waals surface area contributed by atoms with Crippen molar-refractivity contribution in [3.8, 4) is 11.3 Å². The number of H-pyrrole nitrogens is 1. The molecule has 6 heteroatoms. The van der Waals surface area contributed by atoms with Gasteiger partial charge in [0.25, 0.3) is 5.56 Å². The zero-order valence-electron chi connectivity index (χ0n) is 10.6. The summed E-state index contributed by atoms with van der Waals surface area (Å²) in [6.07, 6.45) is 1.82. The molecule has 1 heterocycles. The molecule has 0 aliphatic heterocycles. The minimum Gasteiger partial charge on any atom is -0.310 e. The Kier molecular flexibility index (Phi) is 2.88. The summed E-state index contributed by atoms with van der Waals surface area (Å²) in [6, 6.07) is 1.19. The topological polar surface area (TPSA) is 45.8 Å². The zero-order chi connectivity index (χ0) is 14.4. The number of hydrogen-bond donors (Lipinski definition) is 1. The molecule has 0 unspecified atom stereocenters. The molecule has 3 rings (SSSR count). The van der Waals surface area contributed by atoms with Crippen molar-refractivity contribution >= 4 is 0 Å². The lowest BCUT2D eigenvalue weighted by Crippen LogP contribution is -2.16. The van der Waals surface area contributed by atoms with E-state index in [2.05, 4.69) is 9.97 Å². The quantitative estimate of drug-likeness (QED) is 0.859. The Balaban J connectivity index is 2.23. The monoisotopic (exact) mass is 280 g/mol. The maximum atomic E-state index is 13.8. The molecule has 1 aliphatic rings. The number of nitrogens with one attached hydrogen (secondary N) is 1. The molecule has 1 aromatic heterocycles. The van der Waals surface area contributed by atoms with E-state index in [4.69, 9.17) is 0 Å². The second-order valence-corrected chi connectivity index (χ2v) is 4.95. The average molecular weight is 280 g/mol. The molecular formula is C14H11F3N2O. The van der Waals surface area contributed by atoms with Gasteiger partial charge in [0.1, 0.15) is 11.6 Å². The van der Waals surface area contributed by atoms with Crippen LogP contribution in [0.5, 0.6) is 0 Å². The van der Waals surface area contributed by atoms with Gasteiger partial charge in [-0.1, -0.05) is 0 Å². The summed E-state index contributed by atoms with van der Waals surface area (Å²) in [4.78, 5) is 18.7. The van der Waals surface area contributed by atoms with Gasteiger partial charge in [0, 0.05) is 23.1 Å². The van der Waals surface area contributed by atoms with E-state index in [-0.39, 0.29) is 28.3 Å². The van der Waals surface area contributed by atoms with Crippen molar-refractivity contribution in [3.05, 3.63) is 51.3 Å². The van der Waals surface area contributed by atoms with Crippen LogP contribution in [-0.2, 0) is 0 Å². The minimum absolute atomic E-state index is 0.0621. The molecule has 104 valence electrons. The summed E-state index contributed by atoms with van der Waals surface area (Å²) in [5.41, 5.74) is -0.346. The number of aromatic amines is 1. The van der Waals surface area contributed by atoms with Gasteiger partial charge in [-0.05, 0) is 25.8 Å². The average Bonchev–Trinajstić information content (AvgIpc) is 3.21. The lowest BCUT2D eigenvalue weighted by Gasteiger charge is -2.08. The van der Waals surface area contributed by atoms with Gasteiger partial charge >= 0.3 is 0 Å². The smallest absolute Gasteiger partial charge is 0.254 e. The van der Waals surface area contributed by atoms with Gasteiger partial charge in [-0.3, -0.25) is 4.79 Å². The highest BCUT2D eigenvalue weighted by Gasteiger charge is 2.28. The molecule has 1 saturated carbocycles. The molecule has 0 amide bonds. The van der Waals surface area contributed by atoms with Crippen molar-refractivity contribution < 1.29 is 13.2 Å². The van der Waals surface area contributed by atoms with Gasteiger partial charge < -0.3 is 4.98 Å². The molecule has 0 bridgehead atoms. The highest BCUT2D eigenvalue weighted by Crippen LogP contribution is 2.38. The van der Waals surface area contributed by atoms with Gasteiger partial charge in [0.05, 0.1) is 5.69 Å². The largest absolute Gasteiger partial charge is 0.310 e. The molecule has 0 atom stereocenters. The second-order valence-electron chi connectivity index (χ2n) is 4.95. The van der Waals surface area contributed by atoms with Crippen LogP contribution < -0.4 is 5.56 Å². The Morgan fingerprint density at radius 1 is 1.15 bits per heavy atom. The Hall–Kier alpha value is -2.11. The van der Waals surface area contributed by atoms with Crippen LogP contribution in [0.2, 0.25) is 0 Å². The van der Waals surface area contributed by atoms with Crippen molar-refractivity contribution in [1.82, 2.24) is 9.97 Å². The molecular weight excluding hydrogens is 269 g/mol. The van der Waals surface area contributed by atoms with Crippen molar-refractivity contribution in [2.75, 3.05) is 0 Å². The van der Waals surface area contributed by atoms with E-state index in [1.165, 1.54) is 6.92 Å². The van der Waals surface area contributed by atoms with Gasteiger partial charge in [-0.25, -0.2) is 18.2 Å². The van der Waals surface area contributed by atoms with E-state index in [0.29, 0.717) is 11.9 Å². The molecule has 0 radical (unpaired) electrons. The van der Waals surface area contributed by atoms with Crippen LogP contribution in [0, 0.1) is 24.4 Å². The molecule has 20 heavy (non-hydrogen) atoms. The van der Waals surface area contributed by atoms with Crippen LogP contribution in [0.4, 0.5) is 13.2 Å². The van der Waals surface area contributed by atoms with Crippen LogP contribution in [0.3, 0.4) is 0 Å². The fourth-order valence-electron chi connectivity index (χ4n) is 2.07. The number of halogens is 3. The fourth-order valence-corrected chi connectivity index (χ4v) is 2.07. The van der Waals surface area contributed by atoms with E-state index in [1.807, 2.05) is 0 Å². The van der Waals surface area contributed by atoms with Crippen molar-refractivity contribution in [2.24, 2.45) is 0 Å². The first kappa shape index (κ1) is 12.9. The third kappa shape index (κ3) is 2.11. The molecule has 1 N–H and O–H groups in total. The van der Waals surface area contributed by atoms with Crippen LogP contribution >= 0.6 is 0 Å². The molecule has 1 aromatic carbocycles. The van der Waals surface area contributed by atoms with Gasteiger partial charge in [0.15, 0.2) is 11.6 Å². The van der Waals surface area contributed by atoms with Gasteiger partial charge in [-0.15, -0.1) is 0 Å². The maximum absolute atomic E-state index is 13.8. The van der Waals surface area contributed by atoms with Crippen molar-refractivity contribution in [1.29, 1.82) is 0 Å². The first-order chi connectivity index (χ1) is 9.47. The molecule has 3 nitrogen and oxygen atoms in total. The van der Waals surface area contributed by atoms with Crippen LogP contribution in [0.15, 0.2) is 16.9 Å². The van der Waals surface area contributed by atoms with E-state index >= 15 is 0 Å². The maximum Gasteiger partial charge on any atom is 0.254 e. The van der Waals surface area contributed by atoms with Gasteiger partial charge in [0.2, 0.25) is 0 Å². The third-order valence-corrected chi connectivity index (χ3v) is 3.40. The minimum atomic E-state index is -1.27. The molecule has 0 spiro atoms. The first-order valence-electron chi connectivity index (χ1n) is 6.23. The lowest BCUT2D eigenvalue weighted by molar-refractivity contribution is 0.496. The van der Waals surface area contributed by atoms with Crippen LogP contribution in [0.1, 0.15) is 30.1 Å². The Morgan fingerprint density at radius 2 is 1.80 bits per heavy atom. The van der Waals surface area contributed by atoms with Gasteiger partial charge in [-0.2, -0.15) is 0 Å². The molecule has 0 saturated heterocycles. The summed E-state index contributed by atoms with van der Waals surface area (Å²) in [6.45, 7) is 1.47. The summed E-state index contributed by atoms with van der Waals surface area (Å²) >= 11 is 0. The van der Waals surface area contributed by atoms with E-state index < -0.39 is 17.5 Å². The lowest BCUT2D eigenvalue weighted by atomic mass is 10.1. The fraction of sp³-hybridized carbons (Fsp3) is 0.286. The SMILES string of the molecule is Cc1c(-c2cc(F)c(F)cc2F)nc(C2CC2)[nH]c1=O. The molecule has 1 aliphatic carbocycles. The Morgan fingerprint density at radius 3 is 2.45 bits per heavy atom. The van der Waals surface area contributed by atoms with E-state index in [1.54, 1.807) is 0 Å². The standard InChI is InChI=1S/C14H11F3N2O/c1-6-12(8-4-10(16)11(17)5-9(8)15)18-13(7-2-3-7)19-14(6)20/h4-5,7H,2-3H2,1H3,(H,18,19,20). The number of benzene rings is 1. The summed E-state index contributed by atoms with van der Waals surface area (Å²) in [5.74, 6) is -2.74. The zero-order valence-corrected chi connectivity index (χ0v) is 10.6. The summed E-state index contributed by atoms with van der Waals surface area (Å²) in [7, 11) is 0. The summed E-state index contributed by atoms with van der Waals surface area (Å²) < 4.78 is 40.1. The van der Waals surface area contributed by atoms with E-state index in [9.17, 15) is 18.0 Å². The number of rotatable bonds is 2. The highest BCUT2D eigenvalue weighted by molar-refractivity contribution is 5.63. The Bertz CT molecular complexity index is 751. The number of nitrogens with zero attached hydrogens (tertiary/aromatic N) is 1.